The molecule has 1 fully saturated rings. The molecule has 1 aliphatic rings. The lowest BCUT2D eigenvalue weighted by Crippen LogP contribution is -2.45. The van der Waals surface area contributed by atoms with E-state index in [1.54, 1.807) is 6.20 Å². The first kappa shape index (κ1) is 12.9. The van der Waals surface area contributed by atoms with Gasteiger partial charge in [-0.15, -0.1) is 0 Å². The van der Waals surface area contributed by atoms with Crippen molar-refractivity contribution >= 4 is 5.96 Å². The van der Waals surface area contributed by atoms with Crippen molar-refractivity contribution in [3.63, 3.8) is 0 Å². The number of guanidine groups is 1. The van der Waals surface area contributed by atoms with Crippen LogP contribution in [0.2, 0.25) is 0 Å². The van der Waals surface area contributed by atoms with Crippen LogP contribution in [-0.2, 0) is 6.54 Å². The quantitative estimate of drug-likeness (QED) is 0.626. The summed E-state index contributed by atoms with van der Waals surface area (Å²) in [5.41, 5.74) is 0. The molecule has 2 N–H and O–H groups in total. The molecule has 1 heterocycles. The molecule has 2 rings (SSSR count). The first-order valence-electron chi connectivity index (χ1n) is 6.83. The molecule has 0 aromatic carbocycles. The molecule has 0 radical (unpaired) electrons. The standard InChI is InChI=1S/C13H23N5/c1-14-13(17-12-6-3-2-4-7-12)15-9-11-18-10-5-8-16-18/h5,8,10,12H,2-4,6-7,9,11H2,1H3,(H2,14,15,17). The zero-order valence-electron chi connectivity index (χ0n) is 11.1. The van der Waals surface area contributed by atoms with Gasteiger partial charge in [0.05, 0.1) is 6.54 Å². The third-order valence-electron chi connectivity index (χ3n) is 3.36. The normalized spacial score (nSPS) is 17.7. The molecular weight excluding hydrogens is 226 g/mol. The maximum atomic E-state index is 4.27. The number of nitrogens with zero attached hydrogens (tertiary/aromatic N) is 3. The van der Waals surface area contributed by atoms with Crippen molar-refractivity contribution in [3.05, 3.63) is 18.5 Å². The third kappa shape index (κ3) is 4.05. The fourth-order valence-corrected chi connectivity index (χ4v) is 2.36. The largest absolute Gasteiger partial charge is 0.355 e. The number of rotatable bonds is 4. The number of aliphatic imine (C=N–C) groups is 1. The number of hydrogen-bond acceptors (Lipinski definition) is 2. The van der Waals surface area contributed by atoms with Crippen LogP contribution in [0, 0.1) is 0 Å². The zero-order valence-corrected chi connectivity index (χ0v) is 11.1. The van der Waals surface area contributed by atoms with Crippen molar-refractivity contribution in [1.82, 2.24) is 20.4 Å². The van der Waals surface area contributed by atoms with Crippen molar-refractivity contribution in [1.29, 1.82) is 0 Å². The lowest BCUT2D eigenvalue weighted by Gasteiger charge is -2.24. The summed E-state index contributed by atoms with van der Waals surface area (Å²) in [7, 11) is 1.83. The summed E-state index contributed by atoms with van der Waals surface area (Å²) >= 11 is 0. The Morgan fingerprint density at radius 2 is 2.22 bits per heavy atom. The summed E-state index contributed by atoms with van der Waals surface area (Å²) in [6.07, 6.45) is 10.3. The Morgan fingerprint density at radius 3 is 2.89 bits per heavy atom. The molecule has 1 aromatic heterocycles. The highest BCUT2D eigenvalue weighted by molar-refractivity contribution is 5.79. The first-order chi connectivity index (χ1) is 8.88. The van der Waals surface area contributed by atoms with Crippen LogP contribution < -0.4 is 10.6 Å². The van der Waals surface area contributed by atoms with Gasteiger partial charge in [0, 0.05) is 32.0 Å². The predicted octanol–water partition coefficient (Wildman–Crippen LogP) is 1.38. The van der Waals surface area contributed by atoms with E-state index >= 15 is 0 Å². The summed E-state index contributed by atoms with van der Waals surface area (Å²) in [6, 6.07) is 2.53. The highest BCUT2D eigenvalue weighted by atomic mass is 15.3. The minimum atomic E-state index is 0.592. The second-order valence-electron chi connectivity index (χ2n) is 4.75. The second kappa shape index (κ2) is 7.03. The van der Waals surface area contributed by atoms with Crippen LogP contribution in [-0.4, -0.2) is 35.4 Å². The molecule has 0 atom stereocenters. The van der Waals surface area contributed by atoms with Gasteiger partial charge in [0.25, 0.3) is 0 Å². The molecule has 100 valence electrons. The molecule has 1 aromatic rings. The van der Waals surface area contributed by atoms with Gasteiger partial charge >= 0.3 is 0 Å². The molecule has 0 spiro atoms. The number of hydrogen-bond donors (Lipinski definition) is 2. The minimum Gasteiger partial charge on any atom is -0.355 e. The molecule has 1 aliphatic carbocycles. The predicted molar refractivity (Wildman–Crippen MR) is 73.6 cm³/mol. The summed E-state index contributed by atoms with van der Waals surface area (Å²) < 4.78 is 1.92. The van der Waals surface area contributed by atoms with E-state index in [1.165, 1.54) is 32.1 Å². The van der Waals surface area contributed by atoms with Crippen molar-refractivity contribution in [3.8, 4) is 0 Å². The molecular formula is C13H23N5. The van der Waals surface area contributed by atoms with Crippen LogP contribution >= 0.6 is 0 Å². The smallest absolute Gasteiger partial charge is 0.191 e. The van der Waals surface area contributed by atoms with Gasteiger partial charge in [-0.25, -0.2) is 0 Å². The summed E-state index contributed by atoms with van der Waals surface area (Å²) in [6.45, 7) is 1.70. The van der Waals surface area contributed by atoms with Gasteiger partial charge < -0.3 is 10.6 Å². The number of nitrogens with one attached hydrogen (secondary N) is 2. The van der Waals surface area contributed by atoms with Crippen LogP contribution in [0.3, 0.4) is 0 Å². The van der Waals surface area contributed by atoms with Crippen molar-refractivity contribution in [2.45, 2.75) is 44.7 Å². The zero-order chi connectivity index (χ0) is 12.6. The van der Waals surface area contributed by atoms with Gasteiger partial charge in [0.15, 0.2) is 5.96 Å². The summed E-state index contributed by atoms with van der Waals surface area (Å²) in [5.74, 6) is 0.911. The van der Waals surface area contributed by atoms with E-state index in [2.05, 4.69) is 20.7 Å². The fraction of sp³-hybridized carbons (Fsp3) is 0.692. The Balaban J connectivity index is 1.68. The minimum absolute atomic E-state index is 0.592. The number of aromatic nitrogens is 2. The molecule has 0 unspecified atom stereocenters. The van der Waals surface area contributed by atoms with Crippen LogP contribution in [0.25, 0.3) is 0 Å². The highest BCUT2D eigenvalue weighted by Crippen LogP contribution is 2.17. The maximum absolute atomic E-state index is 4.27. The Hall–Kier alpha value is -1.52. The molecule has 18 heavy (non-hydrogen) atoms. The third-order valence-corrected chi connectivity index (χ3v) is 3.36. The van der Waals surface area contributed by atoms with Crippen LogP contribution in [0.1, 0.15) is 32.1 Å². The molecule has 0 saturated heterocycles. The van der Waals surface area contributed by atoms with Crippen LogP contribution in [0.15, 0.2) is 23.5 Å². The Kier molecular flexibility index (Phi) is 5.05. The van der Waals surface area contributed by atoms with Gasteiger partial charge in [0.2, 0.25) is 0 Å². The van der Waals surface area contributed by atoms with E-state index in [9.17, 15) is 0 Å². The Bertz CT molecular complexity index is 351. The lowest BCUT2D eigenvalue weighted by molar-refractivity contribution is 0.409. The van der Waals surface area contributed by atoms with E-state index in [0.29, 0.717) is 6.04 Å². The van der Waals surface area contributed by atoms with Gasteiger partial charge in [-0.1, -0.05) is 19.3 Å². The first-order valence-corrected chi connectivity index (χ1v) is 6.83. The molecule has 5 nitrogen and oxygen atoms in total. The maximum Gasteiger partial charge on any atom is 0.191 e. The van der Waals surface area contributed by atoms with E-state index in [4.69, 9.17) is 0 Å². The molecule has 0 aliphatic heterocycles. The SMILES string of the molecule is CN=C(NCCn1cccn1)NC1CCCCC1. The molecule has 0 amide bonds. The Morgan fingerprint density at radius 1 is 1.39 bits per heavy atom. The van der Waals surface area contributed by atoms with E-state index in [1.807, 2.05) is 24.0 Å². The van der Waals surface area contributed by atoms with Crippen molar-refractivity contribution in [2.75, 3.05) is 13.6 Å². The average molecular weight is 249 g/mol. The van der Waals surface area contributed by atoms with Gasteiger partial charge in [-0.3, -0.25) is 9.67 Å². The highest BCUT2D eigenvalue weighted by Gasteiger charge is 2.13. The van der Waals surface area contributed by atoms with Gasteiger partial charge in [0.1, 0.15) is 0 Å². The molecule has 1 saturated carbocycles. The summed E-state index contributed by atoms with van der Waals surface area (Å²) in [4.78, 5) is 4.27. The summed E-state index contributed by atoms with van der Waals surface area (Å²) in [5, 5.41) is 11.0. The fourth-order valence-electron chi connectivity index (χ4n) is 2.36. The average Bonchev–Trinajstić information content (AvgIpc) is 2.92. The monoisotopic (exact) mass is 249 g/mol. The molecule has 0 bridgehead atoms. The van der Waals surface area contributed by atoms with Crippen molar-refractivity contribution in [2.24, 2.45) is 4.99 Å². The molecule has 5 heteroatoms. The van der Waals surface area contributed by atoms with Crippen LogP contribution in [0.4, 0.5) is 0 Å². The Labute approximate surface area is 109 Å². The van der Waals surface area contributed by atoms with Gasteiger partial charge in [-0.05, 0) is 18.9 Å². The van der Waals surface area contributed by atoms with Gasteiger partial charge in [-0.2, -0.15) is 5.10 Å². The van der Waals surface area contributed by atoms with E-state index < -0.39 is 0 Å². The second-order valence-corrected chi connectivity index (χ2v) is 4.75. The lowest BCUT2D eigenvalue weighted by atomic mass is 9.96. The van der Waals surface area contributed by atoms with E-state index in [0.717, 1.165) is 19.0 Å². The van der Waals surface area contributed by atoms with Crippen LogP contribution in [0.5, 0.6) is 0 Å². The van der Waals surface area contributed by atoms with E-state index in [-0.39, 0.29) is 0 Å². The topological polar surface area (TPSA) is 54.2 Å². The van der Waals surface area contributed by atoms with Crippen molar-refractivity contribution < 1.29 is 0 Å².